The van der Waals surface area contributed by atoms with E-state index in [2.05, 4.69) is 5.32 Å². The van der Waals surface area contributed by atoms with Gasteiger partial charge in [-0.1, -0.05) is 30.3 Å². The molecule has 132 valence electrons. The Bertz CT molecular complexity index is 729. The van der Waals surface area contributed by atoms with Crippen LogP contribution in [-0.2, 0) is 16.0 Å². The molecule has 0 fully saturated rings. The van der Waals surface area contributed by atoms with Gasteiger partial charge in [-0.2, -0.15) is 0 Å². The van der Waals surface area contributed by atoms with Gasteiger partial charge in [0.05, 0.1) is 14.2 Å². The zero-order valence-corrected chi connectivity index (χ0v) is 14.3. The highest BCUT2D eigenvalue weighted by Gasteiger charge is 2.14. The topological polar surface area (TPSA) is 73.9 Å². The van der Waals surface area contributed by atoms with Gasteiger partial charge in [0.2, 0.25) is 0 Å². The van der Waals surface area contributed by atoms with E-state index >= 15 is 0 Å². The molecule has 0 saturated heterocycles. The molecule has 6 heteroatoms. The van der Waals surface area contributed by atoms with Gasteiger partial charge in [-0.25, -0.2) is 4.79 Å². The summed E-state index contributed by atoms with van der Waals surface area (Å²) in [5.74, 6) is 0.221. The molecule has 0 unspecified atom stereocenters. The first kappa shape index (κ1) is 18.3. The number of hydrogen-bond acceptors (Lipinski definition) is 5. The Kier molecular flexibility index (Phi) is 6.83. The van der Waals surface area contributed by atoms with Crippen molar-refractivity contribution in [2.24, 2.45) is 0 Å². The van der Waals surface area contributed by atoms with E-state index in [9.17, 15) is 9.59 Å². The van der Waals surface area contributed by atoms with Gasteiger partial charge in [-0.3, -0.25) is 4.79 Å². The molecular weight excluding hydrogens is 322 g/mol. The lowest BCUT2D eigenvalue weighted by molar-refractivity contribution is -0.124. The minimum Gasteiger partial charge on any atom is -0.496 e. The van der Waals surface area contributed by atoms with Crippen LogP contribution in [0.2, 0.25) is 0 Å². The van der Waals surface area contributed by atoms with Gasteiger partial charge in [-0.05, 0) is 30.2 Å². The summed E-state index contributed by atoms with van der Waals surface area (Å²) in [5, 5.41) is 2.71. The number of carbonyl (C=O) groups excluding carboxylic acids is 2. The van der Waals surface area contributed by atoms with Gasteiger partial charge < -0.3 is 19.5 Å². The lowest BCUT2D eigenvalue weighted by Gasteiger charge is -2.10. The van der Waals surface area contributed by atoms with Crippen molar-refractivity contribution in [1.82, 2.24) is 5.32 Å². The van der Waals surface area contributed by atoms with Crippen LogP contribution in [0.25, 0.3) is 0 Å². The van der Waals surface area contributed by atoms with Crippen LogP contribution in [0.1, 0.15) is 15.9 Å². The molecule has 0 spiro atoms. The molecule has 0 heterocycles. The van der Waals surface area contributed by atoms with E-state index in [-0.39, 0.29) is 18.1 Å². The average molecular weight is 343 g/mol. The van der Waals surface area contributed by atoms with E-state index in [4.69, 9.17) is 14.2 Å². The summed E-state index contributed by atoms with van der Waals surface area (Å²) >= 11 is 0. The Hall–Kier alpha value is -3.02. The van der Waals surface area contributed by atoms with Crippen LogP contribution in [0.15, 0.2) is 48.5 Å². The monoisotopic (exact) mass is 343 g/mol. The van der Waals surface area contributed by atoms with Crippen LogP contribution >= 0.6 is 0 Å². The van der Waals surface area contributed by atoms with Crippen molar-refractivity contribution in [3.05, 3.63) is 59.7 Å². The lowest BCUT2D eigenvalue weighted by atomic mass is 10.1. The summed E-state index contributed by atoms with van der Waals surface area (Å²) in [5.41, 5.74) is 1.28. The summed E-state index contributed by atoms with van der Waals surface area (Å²) < 4.78 is 15.4. The Morgan fingerprint density at radius 3 is 2.28 bits per heavy atom. The molecule has 0 aliphatic carbocycles. The van der Waals surface area contributed by atoms with Crippen molar-refractivity contribution in [3.8, 4) is 11.5 Å². The number of hydrogen-bond donors (Lipinski definition) is 1. The average Bonchev–Trinajstić information content (AvgIpc) is 2.66. The first-order valence-corrected chi connectivity index (χ1v) is 7.84. The molecule has 0 radical (unpaired) electrons. The number of amides is 1. The first-order valence-electron chi connectivity index (χ1n) is 7.84. The van der Waals surface area contributed by atoms with E-state index in [1.165, 1.54) is 7.11 Å². The molecule has 25 heavy (non-hydrogen) atoms. The van der Waals surface area contributed by atoms with Crippen molar-refractivity contribution in [2.45, 2.75) is 6.42 Å². The highest BCUT2D eigenvalue weighted by Crippen LogP contribution is 2.18. The van der Waals surface area contributed by atoms with Crippen LogP contribution in [-0.4, -0.2) is 39.2 Å². The summed E-state index contributed by atoms with van der Waals surface area (Å²) in [4.78, 5) is 23.8. The summed E-state index contributed by atoms with van der Waals surface area (Å²) in [6, 6.07) is 14.3. The molecule has 0 atom stereocenters. The smallest absolute Gasteiger partial charge is 0.342 e. The van der Waals surface area contributed by atoms with Gasteiger partial charge in [0.1, 0.15) is 17.1 Å². The number of rotatable bonds is 8. The quantitative estimate of drug-likeness (QED) is 0.744. The largest absolute Gasteiger partial charge is 0.496 e. The normalized spacial score (nSPS) is 10.0. The Morgan fingerprint density at radius 1 is 0.920 bits per heavy atom. The van der Waals surface area contributed by atoms with E-state index < -0.39 is 5.97 Å². The number of nitrogens with one attached hydrogen (secondary N) is 1. The fraction of sp³-hybridized carbons (Fsp3) is 0.263. The number of ether oxygens (including phenoxy) is 3. The summed E-state index contributed by atoms with van der Waals surface area (Å²) in [7, 11) is 3.07. The van der Waals surface area contributed by atoms with E-state index in [1.807, 2.05) is 24.3 Å². The maximum Gasteiger partial charge on any atom is 0.342 e. The molecule has 0 aromatic heterocycles. The molecule has 0 saturated carbocycles. The maximum atomic E-state index is 12.0. The number of para-hydroxylation sites is 2. The van der Waals surface area contributed by atoms with E-state index in [1.54, 1.807) is 31.4 Å². The van der Waals surface area contributed by atoms with Crippen molar-refractivity contribution >= 4 is 11.9 Å². The predicted molar refractivity (Wildman–Crippen MR) is 93.0 cm³/mol. The van der Waals surface area contributed by atoms with Crippen LogP contribution < -0.4 is 14.8 Å². The fourth-order valence-corrected chi connectivity index (χ4v) is 2.32. The van der Waals surface area contributed by atoms with Crippen molar-refractivity contribution < 1.29 is 23.8 Å². The second-order valence-corrected chi connectivity index (χ2v) is 5.19. The SMILES string of the molecule is COc1ccccc1CCNC(=O)COC(=O)c1ccccc1OC. The second kappa shape index (κ2) is 9.32. The van der Waals surface area contributed by atoms with E-state index in [0.717, 1.165) is 11.3 Å². The molecule has 0 bridgehead atoms. The van der Waals surface area contributed by atoms with Crippen molar-refractivity contribution in [1.29, 1.82) is 0 Å². The number of esters is 1. The third kappa shape index (κ3) is 5.24. The molecule has 2 rings (SSSR count). The molecular formula is C19H21NO5. The lowest BCUT2D eigenvalue weighted by Crippen LogP contribution is -2.30. The molecule has 2 aromatic carbocycles. The molecule has 1 N–H and O–H groups in total. The molecule has 6 nitrogen and oxygen atoms in total. The van der Waals surface area contributed by atoms with E-state index in [0.29, 0.717) is 18.7 Å². The van der Waals surface area contributed by atoms with Gasteiger partial charge in [0, 0.05) is 6.54 Å². The van der Waals surface area contributed by atoms with Crippen LogP contribution in [0.5, 0.6) is 11.5 Å². The van der Waals surface area contributed by atoms with Gasteiger partial charge >= 0.3 is 5.97 Å². The van der Waals surface area contributed by atoms with Crippen LogP contribution in [0, 0.1) is 0 Å². The summed E-state index contributed by atoms with van der Waals surface area (Å²) in [6.07, 6.45) is 0.621. The third-order valence-corrected chi connectivity index (χ3v) is 3.57. The highest BCUT2D eigenvalue weighted by molar-refractivity contribution is 5.93. The second-order valence-electron chi connectivity index (χ2n) is 5.19. The van der Waals surface area contributed by atoms with Gasteiger partial charge in [-0.15, -0.1) is 0 Å². The minimum absolute atomic E-state index is 0.284. The zero-order valence-electron chi connectivity index (χ0n) is 14.3. The minimum atomic E-state index is -0.600. The molecule has 1 amide bonds. The summed E-state index contributed by atoms with van der Waals surface area (Å²) in [6.45, 7) is 0.0776. The Balaban J connectivity index is 1.78. The van der Waals surface area contributed by atoms with Crippen LogP contribution in [0.4, 0.5) is 0 Å². The Labute approximate surface area is 146 Å². The first-order chi connectivity index (χ1) is 12.2. The fourth-order valence-electron chi connectivity index (χ4n) is 2.32. The Morgan fingerprint density at radius 2 is 1.56 bits per heavy atom. The maximum absolute atomic E-state index is 12.0. The number of carbonyl (C=O) groups is 2. The predicted octanol–water partition coefficient (Wildman–Crippen LogP) is 2.22. The zero-order chi connectivity index (χ0) is 18.1. The standard InChI is InChI=1S/C19H21NO5/c1-23-16-9-5-3-7-14(16)11-12-20-18(21)13-25-19(22)15-8-4-6-10-17(15)24-2/h3-10H,11-13H2,1-2H3,(H,20,21). The number of benzene rings is 2. The van der Waals surface area contributed by atoms with Crippen molar-refractivity contribution in [2.75, 3.05) is 27.4 Å². The van der Waals surface area contributed by atoms with Crippen LogP contribution in [0.3, 0.4) is 0 Å². The van der Waals surface area contributed by atoms with Crippen molar-refractivity contribution in [3.63, 3.8) is 0 Å². The highest BCUT2D eigenvalue weighted by atomic mass is 16.5. The van der Waals surface area contributed by atoms with Gasteiger partial charge in [0.15, 0.2) is 6.61 Å². The molecule has 0 aliphatic rings. The van der Waals surface area contributed by atoms with Gasteiger partial charge in [0.25, 0.3) is 5.91 Å². The molecule has 0 aliphatic heterocycles. The molecule has 2 aromatic rings. The third-order valence-electron chi connectivity index (χ3n) is 3.57. The number of methoxy groups -OCH3 is 2.